The third kappa shape index (κ3) is 3.53. The summed E-state index contributed by atoms with van der Waals surface area (Å²) < 4.78 is 1.93. The molecule has 1 aliphatic rings. The van der Waals surface area contributed by atoms with Crippen LogP contribution in [0.3, 0.4) is 0 Å². The Hall–Kier alpha value is -3.05. The van der Waals surface area contributed by atoms with Gasteiger partial charge in [-0.3, -0.25) is 9.88 Å². The summed E-state index contributed by atoms with van der Waals surface area (Å²) in [5.74, 6) is 1.41. The van der Waals surface area contributed by atoms with E-state index in [0.717, 1.165) is 55.2 Å². The second-order valence-corrected chi connectivity index (χ2v) is 7.43. The second kappa shape index (κ2) is 7.52. The van der Waals surface area contributed by atoms with Crippen LogP contribution >= 0.6 is 0 Å². The number of nitrogens with zero attached hydrogens (tertiary/aromatic N) is 5. The minimum absolute atomic E-state index is 0.431. The summed E-state index contributed by atoms with van der Waals surface area (Å²) in [7, 11) is 0. The number of hydrogen-bond acceptors (Lipinski definition) is 4. The van der Waals surface area contributed by atoms with Gasteiger partial charge in [-0.15, -0.1) is 0 Å². The van der Waals surface area contributed by atoms with Crippen molar-refractivity contribution < 1.29 is 0 Å². The highest BCUT2D eigenvalue weighted by Gasteiger charge is 2.24. The van der Waals surface area contributed by atoms with Crippen LogP contribution in [0.15, 0.2) is 73.1 Å². The largest absolute Gasteiger partial charge is 0.297 e. The topological polar surface area (TPSA) is 46.3 Å². The summed E-state index contributed by atoms with van der Waals surface area (Å²) in [6, 6.07) is 20.7. The predicted molar refractivity (Wildman–Crippen MR) is 110 cm³/mol. The van der Waals surface area contributed by atoms with Crippen LogP contribution < -0.4 is 0 Å². The van der Waals surface area contributed by atoms with E-state index in [1.807, 2.05) is 22.8 Å². The molecule has 1 fully saturated rings. The van der Waals surface area contributed by atoms with Crippen molar-refractivity contribution in [2.24, 2.45) is 0 Å². The molecule has 0 atom stereocenters. The van der Waals surface area contributed by atoms with Crippen molar-refractivity contribution in [2.45, 2.75) is 25.3 Å². The lowest BCUT2D eigenvalue weighted by atomic mass is 9.96. The fourth-order valence-electron chi connectivity index (χ4n) is 3.94. The van der Waals surface area contributed by atoms with E-state index in [1.165, 1.54) is 5.56 Å². The van der Waals surface area contributed by atoms with Gasteiger partial charge in [-0.05, 0) is 55.8 Å². The predicted octanol–water partition coefficient (Wildman–Crippen LogP) is 4.17. The zero-order chi connectivity index (χ0) is 18.8. The van der Waals surface area contributed by atoms with Gasteiger partial charge in [0.25, 0.3) is 0 Å². The van der Waals surface area contributed by atoms with Crippen molar-refractivity contribution in [3.8, 4) is 11.1 Å². The molecule has 3 aromatic heterocycles. The van der Waals surface area contributed by atoms with Gasteiger partial charge in [-0.25, -0.2) is 9.50 Å². The molecule has 4 aromatic rings. The fraction of sp³-hybridized carbons (Fsp3) is 0.261. The van der Waals surface area contributed by atoms with Gasteiger partial charge in [-0.2, -0.15) is 5.10 Å². The Bertz CT molecular complexity index is 1050. The van der Waals surface area contributed by atoms with Crippen molar-refractivity contribution >= 4 is 5.65 Å². The van der Waals surface area contributed by atoms with Crippen LogP contribution in [0, 0.1) is 0 Å². The minimum atomic E-state index is 0.431. The lowest BCUT2D eigenvalue weighted by molar-refractivity contribution is 0.200. The first-order chi connectivity index (χ1) is 13.8. The van der Waals surface area contributed by atoms with Gasteiger partial charge in [0.2, 0.25) is 0 Å². The van der Waals surface area contributed by atoms with E-state index in [4.69, 9.17) is 10.1 Å². The van der Waals surface area contributed by atoms with E-state index in [-0.39, 0.29) is 0 Å². The smallest absolute Gasteiger partial charge is 0.155 e. The van der Waals surface area contributed by atoms with Gasteiger partial charge in [0, 0.05) is 30.4 Å². The van der Waals surface area contributed by atoms with Gasteiger partial charge in [0.15, 0.2) is 11.5 Å². The van der Waals surface area contributed by atoms with E-state index >= 15 is 0 Å². The molecule has 4 heterocycles. The number of fused-ring (bicyclic) bond motifs is 1. The maximum absolute atomic E-state index is 4.81. The van der Waals surface area contributed by atoms with E-state index in [0.29, 0.717) is 5.92 Å². The Morgan fingerprint density at radius 2 is 1.68 bits per heavy atom. The van der Waals surface area contributed by atoms with Crippen molar-refractivity contribution in [3.63, 3.8) is 0 Å². The summed E-state index contributed by atoms with van der Waals surface area (Å²) in [5, 5.41) is 4.81. The maximum Gasteiger partial charge on any atom is 0.155 e. The summed E-state index contributed by atoms with van der Waals surface area (Å²) in [5.41, 5.74) is 4.42. The van der Waals surface area contributed by atoms with Crippen LogP contribution in [0.2, 0.25) is 0 Å². The molecule has 1 aromatic carbocycles. The van der Waals surface area contributed by atoms with Gasteiger partial charge >= 0.3 is 0 Å². The van der Waals surface area contributed by atoms with E-state index in [1.54, 1.807) is 0 Å². The number of rotatable bonds is 4. The number of pyridine rings is 2. The van der Waals surface area contributed by atoms with Crippen molar-refractivity contribution in [2.75, 3.05) is 13.1 Å². The minimum Gasteiger partial charge on any atom is -0.297 e. The first-order valence-corrected chi connectivity index (χ1v) is 9.89. The van der Waals surface area contributed by atoms with Crippen molar-refractivity contribution in [1.82, 2.24) is 24.5 Å². The van der Waals surface area contributed by atoms with Crippen LogP contribution in [0.1, 0.15) is 30.3 Å². The quantitative estimate of drug-likeness (QED) is 0.542. The molecule has 0 spiro atoms. The van der Waals surface area contributed by atoms with E-state index in [2.05, 4.69) is 64.6 Å². The third-order valence-corrected chi connectivity index (χ3v) is 5.52. The molecule has 0 unspecified atom stereocenters. The Morgan fingerprint density at radius 3 is 2.46 bits per heavy atom. The second-order valence-electron chi connectivity index (χ2n) is 7.43. The number of piperidine rings is 1. The SMILES string of the molecule is c1ccc(-c2ccc3nc(C4CCN(Cc5ccccn5)CC4)nn3c2)cc1. The molecule has 0 bridgehead atoms. The molecule has 5 rings (SSSR count). The first kappa shape index (κ1) is 17.1. The highest BCUT2D eigenvalue weighted by atomic mass is 15.3. The maximum atomic E-state index is 4.81. The van der Waals surface area contributed by atoms with Crippen LogP contribution in [0.4, 0.5) is 0 Å². The van der Waals surface area contributed by atoms with Crippen molar-refractivity contribution in [1.29, 1.82) is 0 Å². The van der Waals surface area contributed by atoms with E-state index in [9.17, 15) is 0 Å². The van der Waals surface area contributed by atoms with Gasteiger partial charge in [0.1, 0.15) is 0 Å². The molecule has 28 heavy (non-hydrogen) atoms. The number of likely N-dealkylation sites (tertiary alicyclic amines) is 1. The van der Waals surface area contributed by atoms with Crippen LogP contribution in [0.25, 0.3) is 16.8 Å². The van der Waals surface area contributed by atoms with Gasteiger partial charge in [0.05, 0.1) is 5.69 Å². The standard InChI is InChI=1S/C23H23N5/c1-2-6-18(7-3-1)20-9-10-22-25-23(26-28(22)16-20)19-11-14-27(15-12-19)17-21-8-4-5-13-24-21/h1-10,13,16,19H,11-12,14-15,17H2. The van der Waals surface area contributed by atoms with Gasteiger partial charge in [-0.1, -0.05) is 36.4 Å². The zero-order valence-corrected chi connectivity index (χ0v) is 15.8. The summed E-state index contributed by atoms with van der Waals surface area (Å²) in [4.78, 5) is 11.7. The normalized spacial score (nSPS) is 15.9. The molecular formula is C23H23N5. The third-order valence-electron chi connectivity index (χ3n) is 5.52. The molecule has 5 nitrogen and oxygen atoms in total. The number of benzene rings is 1. The monoisotopic (exact) mass is 369 g/mol. The van der Waals surface area contributed by atoms with Crippen LogP contribution in [0.5, 0.6) is 0 Å². The lowest BCUT2D eigenvalue weighted by Gasteiger charge is -2.30. The molecule has 1 aliphatic heterocycles. The Morgan fingerprint density at radius 1 is 0.857 bits per heavy atom. The van der Waals surface area contributed by atoms with Crippen molar-refractivity contribution in [3.05, 3.63) is 84.6 Å². The molecule has 0 amide bonds. The Kier molecular flexibility index (Phi) is 4.59. The van der Waals surface area contributed by atoms with Crippen LogP contribution in [-0.2, 0) is 6.54 Å². The molecule has 0 N–H and O–H groups in total. The Balaban J connectivity index is 1.29. The average Bonchev–Trinajstić information content (AvgIpc) is 3.19. The van der Waals surface area contributed by atoms with Crippen LogP contribution in [-0.4, -0.2) is 37.6 Å². The number of hydrogen-bond donors (Lipinski definition) is 0. The van der Waals surface area contributed by atoms with Gasteiger partial charge < -0.3 is 0 Å². The highest BCUT2D eigenvalue weighted by Crippen LogP contribution is 2.27. The number of aromatic nitrogens is 4. The molecular weight excluding hydrogens is 346 g/mol. The molecule has 0 radical (unpaired) electrons. The average molecular weight is 369 g/mol. The first-order valence-electron chi connectivity index (χ1n) is 9.89. The summed E-state index contributed by atoms with van der Waals surface area (Å²) >= 11 is 0. The Labute approximate surface area is 164 Å². The summed E-state index contributed by atoms with van der Waals surface area (Å²) in [6.45, 7) is 3.05. The zero-order valence-electron chi connectivity index (χ0n) is 15.8. The molecule has 140 valence electrons. The lowest BCUT2D eigenvalue weighted by Crippen LogP contribution is -2.33. The fourth-order valence-corrected chi connectivity index (χ4v) is 3.94. The van der Waals surface area contributed by atoms with E-state index < -0.39 is 0 Å². The molecule has 0 saturated carbocycles. The highest BCUT2D eigenvalue weighted by molar-refractivity contribution is 5.64. The molecule has 5 heteroatoms. The molecule has 1 saturated heterocycles. The summed E-state index contributed by atoms with van der Waals surface area (Å²) in [6.07, 6.45) is 6.13. The molecule has 0 aliphatic carbocycles.